The van der Waals surface area contributed by atoms with E-state index in [-0.39, 0.29) is 5.02 Å². The average molecular weight is 309 g/mol. The van der Waals surface area contributed by atoms with Crippen LogP contribution in [0.4, 0.5) is 13.2 Å². The Kier molecular flexibility index (Phi) is 4.54. The smallest absolute Gasteiger partial charge is 0.417 e. The molecule has 0 amide bonds. The van der Waals surface area contributed by atoms with Gasteiger partial charge in [-0.2, -0.15) is 13.2 Å². The molecule has 1 unspecified atom stereocenters. The van der Waals surface area contributed by atoms with Crippen LogP contribution in [0.15, 0.2) is 18.2 Å². The summed E-state index contributed by atoms with van der Waals surface area (Å²) in [7, 11) is 0. The Morgan fingerprint density at radius 1 is 1.25 bits per heavy atom. The van der Waals surface area contributed by atoms with Crippen molar-refractivity contribution >= 4 is 29.1 Å². The van der Waals surface area contributed by atoms with Crippen molar-refractivity contribution in [1.82, 2.24) is 0 Å². The molecule has 0 aliphatic rings. The third kappa shape index (κ3) is 3.36. The number of benzene rings is 1. The van der Waals surface area contributed by atoms with Crippen LogP contribution in [0, 0.1) is 5.92 Å². The molecular formula is C12H8ClF3O4. The van der Waals surface area contributed by atoms with Crippen molar-refractivity contribution in [2.24, 2.45) is 5.92 Å². The number of carboxylic acids is 1. The minimum atomic E-state index is -4.89. The molecule has 1 N–H and O–H groups in total. The molecule has 1 rings (SSSR count). The van der Waals surface area contributed by atoms with E-state index >= 15 is 0 Å². The Balaban J connectivity index is 3.43. The van der Waals surface area contributed by atoms with E-state index in [1.54, 1.807) is 0 Å². The first-order valence-electron chi connectivity index (χ1n) is 5.20. The van der Waals surface area contributed by atoms with Crippen LogP contribution in [-0.4, -0.2) is 22.6 Å². The predicted molar refractivity (Wildman–Crippen MR) is 62.6 cm³/mol. The van der Waals surface area contributed by atoms with E-state index in [2.05, 4.69) is 0 Å². The van der Waals surface area contributed by atoms with E-state index in [1.165, 1.54) is 0 Å². The SMILES string of the molecule is CC(=O)C(C(=O)O)C(=O)c1ccc(Cl)cc1C(F)(F)F. The Morgan fingerprint density at radius 2 is 1.80 bits per heavy atom. The lowest BCUT2D eigenvalue weighted by atomic mass is 9.91. The monoisotopic (exact) mass is 308 g/mol. The second-order valence-electron chi connectivity index (χ2n) is 3.93. The van der Waals surface area contributed by atoms with Crippen LogP contribution in [0.2, 0.25) is 5.02 Å². The van der Waals surface area contributed by atoms with Crippen molar-refractivity contribution in [3.05, 3.63) is 34.3 Å². The fourth-order valence-electron chi connectivity index (χ4n) is 1.59. The first-order chi connectivity index (χ1) is 9.05. The molecule has 8 heteroatoms. The van der Waals surface area contributed by atoms with Crippen molar-refractivity contribution < 1.29 is 32.7 Å². The molecule has 0 heterocycles. The van der Waals surface area contributed by atoms with E-state index < -0.39 is 40.8 Å². The summed E-state index contributed by atoms with van der Waals surface area (Å²) < 4.78 is 38.4. The lowest BCUT2D eigenvalue weighted by molar-refractivity contribution is -0.144. The van der Waals surface area contributed by atoms with Crippen LogP contribution in [0.3, 0.4) is 0 Å². The standard InChI is InChI=1S/C12H8ClF3O4/c1-5(17)9(11(19)20)10(18)7-3-2-6(13)4-8(7)12(14,15)16/h2-4,9H,1H3,(H,19,20). The molecule has 0 bridgehead atoms. The van der Waals surface area contributed by atoms with E-state index in [1.807, 2.05) is 0 Å². The average Bonchev–Trinajstić information content (AvgIpc) is 2.26. The molecule has 0 spiro atoms. The Labute approximate surface area is 116 Å². The molecule has 0 radical (unpaired) electrons. The third-order valence-corrected chi connectivity index (χ3v) is 2.70. The maximum Gasteiger partial charge on any atom is 0.417 e. The highest BCUT2D eigenvalue weighted by molar-refractivity contribution is 6.31. The zero-order valence-corrected chi connectivity index (χ0v) is 10.7. The fraction of sp³-hybridized carbons (Fsp3) is 0.250. The maximum atomic E-state index is 12.8. The van der Waals surface area contributed by atoms with Gasteiger partial charge in [0.2, 0.25) is 0 Å². The van der Waals surface area contributed by atoms with Gasteiger partial charge in [-0.05, 0) is 25.1 Å². The summed E-state index contributed by atoms with van der Waals surface area (Å²) in [6, 6.07) is 2.28. The van der Waals surface area contributed by atoms with Crippen LogP contribution in [0.1, 0.15) is 22.8 Å². The molecule has 0 saturated heterocycles. The summed E-state index contributed by atoms with van der Waals surface area (Å²) in [4.78, 5) is 33.8. The number of carboxylic acid groups (broad SMARTS) is 1. The molecule has 1 aromatic rings. The lowest BCUT2D eigenvalue weighted by Gasteiger charge is -2.14. The Bertz CT molecular complexity index is 567. The molecule has 108 valence electrons. The summed E-state index contributed by atoms with van der Waals surface area (Å²) in [6.45, 7) is 0.819. The summed E-state index contributed by atoms with van der Waals surface area (Å²) >= 11 is 5.44. The lowest BCUT2D eigenvalue weighted by Crippen LogP contribution is -2.31. The molecule has 0 fully saturated rings. The highest BCUT2D eigenvalue weighted by atomic mass is 35.5. The Morgan fingerprint density at radius 3 is 2.20 bits per heavy atom. The number of carbonyl (C=O) groups excluding carboxylic acids is 2. The van der Waals surface area contributed by atoms with Gasteiger partial charge in [0, 0.05) is 10.6 Å². The van der Waals surface area contributed by atoms with Crippen LogP contribution < -0.4 is 0 Å². The molecule has 4 nitrogen and oxygen atoms in total. The van der Waals surface area contributed by atoms with Gasteiger partial charge in [-0.1, -0.05) is 11.6 Å². The molecule has 0 saturated carbocycles. The third-order valence-electron chi connectivity index (χ3n) is 2.47. The summed E-state index contributed by atoms with van der Waals surface area (Å²) in [6.07, 6.45) is -4.89. The van der Waals surface area contributed by atoms with Gasteiger partial charge < -0.3 is 5.11 Å². The molecular weight excluding hydrogens is 301 g/mol. The quantitative estimate of drug-likeness (QED) is 0.686. The van der Waals surface area contributed by atoms with Crippen molar-refractivity contribution in [1.29, 1.82) is 0 Å². The summed E-state index contributed by atoms with van der Waals surface area (Å²) in [5.74, 6) is -6.44. The Hall–Kier alpha value is -1.89. The second-order valence-corrected chi connectivity index (χ2v) is 4.37. The van der Waals surface area contributed by atoms with Crippen LogP contribution in [-0.2, 0) is 15.8 Å². The number of aliphatic carboxylic acids is 1. The van der Waals surface area contributed by atoms with Crippen molar-refractivity contribution in [2.75, 3.05) is 0 Å². The highest BCUT2D eigenvalue weighted by Gasteiger charge is 2.39. The molecule has 20 heavy (non-hydrogen) atoms. The molecule has 0 aliphatic heterocycles. The minimum absolute atomic E-state index is 0.261. The van der Waals surface area contributed by atoms with Gasteiger partial charge in [0.25, 0.3) is 0 Å². The number of alkyl halides is 3. The largest absolute Gasteiger partial charge is 0.480 e. The number of ketones is 2. The van der Waals surface area contributed by atoms with Gasteiger partial charge in [-0.3, -0.25) is 14.4 Å². The van der Waals surface area contributed by atoms with Gasteiger partial charge in [-0.15, -0.1) is 0 Å². The van der Waals surface area contributed by atoms with Gasteiger partial charge in [0.15, 0.2) is 17.5 Å². The van der Waals surface area contributed by atoms with Crippen molar-refractivity contribution in [3.63, 3.8) is 0 Å². The normalized spacial score (nSPS) is 12.8. The second kappa shape index (κ2) is 5.62. The number of carbonyl (C=O) groups is 3. The highest BCUT2D eigenvalue weighted by Crippen LogP contribution is 2.34. The van der Waals surface area contributed by atoms with Crippen LogP contribution in [0.25, 0.3) is 0 Å². The molecule has 1 aromatic carbocycles. The van der Waals surface area contributed by atoms with Gasteiger partial charge >= 0.3 is 12.1 Å². The topological polar surface area (TPSA) is 71.4 Å². The van der Waals surface area contributed by atoms with E-state index in [0.29, 0.717) is 6.07 Å². The zero-order chi connectivity index (χ0) is 15.7. The number of hydrogen-bond acceptors (Lipinski definition) is 3. The number of Topliss-reactive ketones (excluding diaryl/α,β-unsaturated/α-hetero) is 2. The van der Waals surface area contributed by atoms with Crippen molar-refractivity contribution in [3.8, 4) is 0 Å². The van der Waals surface area contributed by atoms with Crippen LogP contribution >= 0.6 is 11.6 Å². The van der Waals surface area contributed by atoms with E-state index in [9.17, 15) is 27.6 Å². The van der Waals surface area contributed by atoms with Gasteiger partial charge in [0.1, 0.15) is 0 Å². The first kappa shape index (κ1) is 16.2. The first-order valence-corrected chi connectivity index (χ1v) is 5.57. The molecule has 0 aliphatic carbocycles. The fourth-order valence-corrected chi connectivity index (χ4v) is 1.76. The number of halogens is 4. The van der Waals surface area contributed by atoms with E-state index in [4.69, 9.17) is 16.7 Å². The summed E-state index contributed by atoms with van der Waals surface area (Å²) in [5.41, 5.74) is -2.27. The van der Waals surface area contributed by atoms with E-state index in [0.717, 1.165) is 19.1 Å². The molecule has 1 atom stereocenters. The number of rotatable bonds is 4. The number of hydrogen-bond donors (Lipinski definition) is 1. The summed E-state index contributed by atoms with van der Waals surface area (Å²) in [5, 5.41) is 8.51. The van der Waals surface area contributed by atoms with Gasteiger partial charge in [-0.25, -0.2) is 0 Å². The maximum absolute atomic E-state index is 12.8. The van der Waals surface area contributed by atoms with Crippen LogP contribution in [0.5, 0.6) is 0 Å². The molecule has 0 aromatic heterocycles. The predicted octanol–water partition coefficient (Wildman–Crippen LogP) is 2.83. The zero-order valence-electron chi connectivity index (χ0n) is 9.99. The van der Waals surface area contributed by atoms with Gasteiger partial charge in [0.05, 0.1) is 5.56 Å². The minimum Gasteiger partial charge on any atom is -0.480 e. The van der Waals surface area contributed by atoms with Crippen molar-refractivity contribution in [2.45, 2.75) is 13.1 Å².